The van der Waals surface area contributed by atoms with Gasteiger partial charge in [0.05, 0.1) is 0 Å². The molecule has 8 rings (SSSR count). The molecule has 0 saturated heterocycles. The van der Waals surface area contributed by atoms with Gasteiger partial charge in [0.2, 0.25) is 0 Å². The second kappa shape index (κ2) is 10.7. The normalized spacial score (nSPS) is 17.1. The molecule has 0 bridgehead atoms. The molecule has 2 atom stereocenters. The average Bonchev–Trinajstić information content (AvgIpc) is 3.09. The Hall–Kier alpha value is -5.46. The van der Waals surface area contributed by atoms with E-state index in [1.807, 2.05) is 12.2 Å². The molecule has 44 heavy (non-hydrogen) atoms. The van der Waals surface area contributed by atoms with E-state index in [0.717, 1.165) is 11.1 Å². The predicted molar refractivity (Wildman–Crippen MR) is 192 cm³/mol. The van der Waals surface area contributed by atoms with E-state index in [4.69, 9.17) is 0 Å². The maximum Gasteiger partial charge on any atom is 0.0125 e. The van der Waals surface area contributed by atoms with E-state index in [2.05, 4.69) is 159 Å². The minimum Gasteiger partial charge on any atom is -0.0984 e. The van der Waals surface area contributed by atoms with Crippen LogP contribution in [0.5, 0.6) is 0 Å². The Bertz CT molecular complexity index is 2260. The number of benzene rings is 6. The summed E-state index contributed by atoms with van der Waals surface area (Å²) < 4.78 is 0. The summed E-state index contributed by atoms with van der Waals surface area (Å²) >= 11 is 0. The second-order valence-electron chi connectivity index (χ2n) is 11.7. The largest absolute Gasteiger partial charge is 0.0984 e. The number of allylic oxidation sites excluding steroid dienone is 8. The summed E-state index contributed by atoms with van der Waals surface area (Å²) in [7, 11) is 0. The lowest BCUT2D eigenvalue weighted by molar-refractivity contribution is 0.678. The van der Waals surface area contributed by atoms with E-state index in [1.54, 1.807) is 0 Å². The average molecular weight is 561 g/mol. The summed E-state index contributed by atoms with van der Waals surface area (Å²) in [5, 5.41) is 7.45. The van der Waals surface area contributed by atoms with Crippen molar-refractivity contribution in [3.05, 3.63) is 176 Å². The van der Waals surface area contributed by atoms with E-state index in [9.17, 15) is 0 Å². The Kier molecular flexibility index (Phi) is 6.35. The zero-order valence-corrected chi connectivity index (χ0v) is 24.6. The first kappa shape index (κ1) is 26.2. The van der Waals surface area contributed by atoms with E-state index in [1.165, 1.54) is 65.7 Å². The highest BCUT2D eigenvalue weighted by Crippen LogP contribution is 2.46. The number of hydrogen-bond acceptors (Lipinski definition) is 0. The minimum atomic E-state index is 0.295. The van der Waals surface area contributed by atoms with Crippen LogP contribution in [0.1, 0.15) is 16.7 Å². The van der Waals surface area contributed by atoms with E-state index in [-0.39, 0.29) is 0 Å². The smallest absolute Gasteiger partial charge is 0.0125 e. The summed E-state index contributed by atoms with van der Waals surface area (Å²) in [5.41, 5.74) is 9.72. The van der Waals surface area contributed by atoms with Crippen LogP contribution < -0.4 is 0 Å². The molecule has 0 nitrogen and oxygen atoms in total. The van der Waals surface area contributed by atoms with Crippen LogP contribution in [0, 0.1) is 11.8 Å². The van der Waals surface area contributed by atoms with Gasteiger partial charge in [-0.1, -0.05) is 159 Å². The number of hydrogen-bond donors (Lipinski definition) is 0. The zero-order valence-electron chi connectivity index (χ0n) is 24.6. The third-order valence-electron chi connectivity index (χ3n) is 9.37. The summed E-state index contributed by atoms with van der Waals surface area (Å²) in [6, 6.07) is 37.7. The summed E-state index contributed by atoms with van der Waals surface area (Å²) in [5.74, 6) is 0.656. The fourth-order valence-corrected chi connectivity index (χ4v) is 7.34. The van der Waals surface area contributed by atoms with Crippen LogP contribution >= 0.6 is 0 Å². The van der Waals surface area contributed by atoms with Crippen LogP contribution in [0.25, 0.3) is 72.3 Å². The van der Waals surface area contributed by atoms with Gasteiger partial charge in [-0.05, 0) is 89.0 Å². The molecule has 6 aromatic carbocycles. The van der Waals surface area contributed by atoms with Gasteiger partial charge in [-0.3, -0.25) is 0 Å². The third-order valence-corrected chi connectivity index (χ3v) is 9.37. The Labute approximate surface area is 259 Å². The van der Waals surface area contributed by atoms with Crippen molar-refractivity contribution in [1.82, 2.24) is 0 Å². The molecule has 0 N–H and O–H groups in total. The highest BCUT2D eigenvalue weighted by atomic mass is 14.3. The summed E-state index contributed by atoms with van der Waals surface area (Å²) in [6.45, 7) is 8.67. The summed E-state index contributed by atoms with van der Waals surface area (Å²) in [4.78, 5) is 0. The molecule has 0 spiro atoms. The third kappa shape index (κ3) is 4.14. The fraction of sp³-hybridized carbons (Fsp3) is 0.0455. The van der Waals surface area contributed by atoms with Gasteiger partial charge in [0.25, 0.3) is 0 Å². The molecule has 0 radical (unpaired) electrons. The summed E-state index contributed by atoms with van der Waals surface area (Å²) in [6.07, 6.45) is 19.8. The van der Waals surface area contributed by atoms with Gasteiger partial charge in [0, 0.05) is 11.8 Å². The van der Waals surface area contributed by atoms with Crippen molar-refractivity contribution in [2.24, 2.45) is 11.8 Å². The Balaban J connectivity index is 1.35. The quantitative estimate of drug-likeness (QED) is 0.197. The van der Waals surface area contributed by atoms with Crippen molar-refractivity contribution in [2.75, 3.05) is 0 Å². The highest BCUT2D eigenvalue weighted by Gasteiger charge is 2.28. The maximum absolute atomic E-state index is 4.34. The molecule has 0 aromatic heterocycles. The zero-order chi connectivity index (χ0) is 29.6. The SMILES string of the molecule is C=Cc1c(C=C)c(-c2ccc3ccc(-c4cccc5ccccc45)cc3c2)c2ccccc2c1C1=CC=CC2C=CC=CC12. The monoisotopic (exact) mass is 560 g/mol. The predicted octanol–water partition coefficient (Wildman–Crippen LogP) is 12.1. The van der Waals surface area contributed by atoms with Crippen LogP contribution in [0.15, 0.2) is 159 Å². The van der Waals surface area contributed by atoms with Crippen LogP contribution in [-0.4, -0.2) is 0 Å². The molecule has 0 heterocycles. The van der Waals surface area contributed by atoms with Gasteiger partial charge in [0.15, 0.2) is 0 Å². The first-order valence-electron chi connectivity index (χ1n) is 15.3. The van der Waals surface area contributed by atoms with Crippen molar-refractivity contribution in [2.45, 2.75) is 0 Å². The maximum atomic E-state index is 4.34. The van der Waals surface area contributed by atoms with Crippen LogP contribution in [-0.2, 0) is 0 Å². The highest BCUT2D eigenvalue weighted by molar-refractivity contribution is 6.11. The van der Waals surface area contributed by atoms with Crippen molar-refractivity contribution in [3.8, 4) is 22.3 Å². The standard InChI is InChI=1S/C44H32/c1-3-35-36(4-2)44(40-22-12-16-31-14-6-8-18-38(31)40)42-20-10-9-19-41(42)43(35)33-26-24-29-23-25-32(27-34(29)28-33)39-21-11-15-30-13-5-7-17-37(30)39/h3-28,31,38H,1-2H2. The molecule has 2 aliphatic rings. The molecule has 0 amide bonds. The Morgan fingerprint density at radius 2 is 1.14 bits per heavy atom. The van der Waals surface area contributed by atoms with Crippen molar-refractivity contribution in [3.63, 3.8) is 0 Å². The molecule has 2 aliphatic carbocycles. The van der Waals surface area contributed by atoms with Crippen molar-refractivity contribution < 1.29 is 0 Å². The molecule has 0 fully saturated rings. The number of rotatable bonds is 5. The molecule has 2 unspecified atom stereocenters. The Morgan fingerprint density at radius 1 is 0.500 bits per heavy atom. The van der Waals surface area contributed by atoms with Crippen molar-refractivity contribution in [1.29, 1.82) is 0 Å². The van der Waals surface area contributed by atoms with Gasteiger partial charge < -0.3 is 0 Å². The number of fused-ring (bicyclic) bond motifs is 4. The van der Waals surface area contributed by atoms with E-state index in [0.29, 0.717) is 11.8 Å². The first-order chi connectivity index (χ1) is 21.7. The molecule has 0 aliphatic heterocycles. The first-order valence-corrected chi connectivity index (χ1v) is 15.3. The van der Waals surface area contributed by atoms with Gasteiger partial charge >= 0.3 is 0 Å². The van der Waals surface area contributed by atoms with Gasteiger partial charge in [-0.15, -0.1) is 0 Å². The molecule has 208 valence electrons. The van der Waals surface area contributed by atoms with Crippen molar-refractivity contribution >= 4 is 50.0 Å². The molecule has 0 heteroatoms. The van der Waals surface area contributed by atoms with Gasteiger partial charge in [-0.25, -0.2) is 0 Å². The van der Waals surface area contributed by atoms with Gasteiger partial charge in [-0.2, -0.15) is 0 Å². The van der Waals surface area contributed by atoms with Gasteiger partial charge in [0.1, 0.15) is 0 Å². The lowest BCUT2D eigenvalue weighted by Crippen LogP contribution is -2.16. The molecular weight excluding hydrogens is 528 g/mol. The lowest BCUT2D eigenvalue weighted by Gasteiger charge is -2.30. The molecular formula is C44H32. The fourth-order valence-electron chi connectivity index (χ4n) is 7.34. The van der Waals surface area contributed by atoms with Crippen LogP contribution in [0.3, 0.4) is 0 Å². The Morgan fingerprint density at radius 3 is 1.95 bits per heavy atom. The topological polar surface area (TPSA) is 0 Å². The lowest BCUT2D eigenvalue weighted by atomic mass is 9.73. The van der Waals surface area contributed by atoms with Crippen LogP contribution in [0.2, 0.25) is 0 Å². The van der Waals surface area contributed by atoms with Crippen LogP contribution in [0.4, 0.5) is 0 Å². The van der Waals surface area contributed by atoms with E-state index < -0.39 is 0 Å². The molecule has 0 saturated carbocycles. The second-order valence-corrected chi connectivity index (χ2v) is 11.7. The van der Waals surface area contributed by atoms with E-state index >= 15 is 0 Å². The molecule has 6 aromatic rings. The minimum absolute atomic E-state index is 0.295.